The van der Waals surface area contributed by atoms with Crippen LogP contribution in [0.3, 0.4) is 0 Å². The monoisotopic (exact) mass is 279 g/mol. The van der Waals surface area contributed by atoms with E-state index in [2.05, 4.69) is 17.2 Å². The smallest absolute Gasteiger partial charge is 0.146 e. The van der Waals surface area contributed by atoms with Crippen LogP contribution in [0.5, 0.6) is 5.75 Å². The summed E-state index contributed by atoms with van der Waals surface area (Å²) in [5, 5.41) is 3.99. The van der Waals surface area contributed by atoms with E-state index < -0.39 is 0 Å². The van der Waals surface area contributed by atoms with Crippen molar-refractivity contribution in [2.45, 2.75) is 20.1 Å². The number of nitrogens with zero attached hydrogens (tertiary/aromatic N) is 2. The lowest BCUT2D eigenvalue weighted by Crippen LogP contribution is -2.13. The number of halogens is 1. The Kier molecular flexibility index (Phi) is 4.82. The number of imidazole rings is 1. The van der Waals surface area contributed by atoms with Gasteiger partial charge >= 0.3 is 0 Å². The van der Waals surface area contributed by atoms with Gasteiger partial charge < -0.3 is 14.6 Å². The van der Waals surface area contributed by atoms with Crippen molar-refractivity contribution >= 4 is 11.6 Å². The lowest BCUT2D eigenvalue weighted by atomic mass is 10.2. The molecule has 0 aliphatic rings. The van der Waals surface area contributed by atoms with E-state index in [9.17, 15) is 0 Å². The summed E-state index contributed by atoms with van der Waals surface area (Å²) in [5.41, 5.74) is 0.986. The molecule has 0 saturated carbocycles. The molecule has 0 unspecified atom stereocenters. The second kappa shape index (κ2) is 6.59. The highest BCUT2D eigenvalue weighted by molar-refractivity contribution is 6.31. The molecular weight excluding hydrogens is 262 g/mol. The number of hydrogen-bond acceptors (Lipinski definition) is 3. The number of benzene rings is 1. The molecule has 0 saturated heterocycles. The van der Waals surface area contributed by atoms with Crippen LogP contribution in [0, 0.1) is 0 Å². The average molecular weight is 280 g/mol. The Morgan fingerprint density at radius 1 is 1.42 bits per heavy atom. The highest BCUT2D eigenvalue weighted by Gasteiger charge is 2.09. The normalized spacial score (nSPS) is 10.7. The van der Waals surface area contributed by atoms with E-state index in [-0.39, 0.29) is 0 Å². The third-order valence-electron chi connectivity index (χ3n) is 2.91. The molecule has 0 atom stereocenters. The number of nitrogens with one attached hydrogen (secondary N) is 1. The van der Waals surface area contributed by atoms with Gasteiger partial charge in [-0.15, -0.1) is 0 Å². The minimum absolute atomic E-state index is 0.433. The Morgan fingerprint density at radius 3 is 2.95 bits per heavy atom. The van der Waals surface area contributed by atoms with Crippen molar-refractivity contribution in [2.75, 3.05) is 6.54 Å². The van der Waals surface area contributed by atoms with E-state index in [1.165, 1.54) is 0 Å². The third kappa shape index (κ3) is 3.49. The molecule has 1 aromatic heterocycles. The van der Waals surface area contributed by atoms with Gasteiger partial charge in [0.25, 0.3) is 0 Å². The summed E-state index contributed by atoms with van der Waals surface area (Å²) in [5.74, 6) is 1.69. The molecule has 1 N–H and O–H groups in total. The molecule has 19 heavy (non-hydrogen) atoms. The van der Waals surface area contributed by atoms with Crippen LogP contribution in [0.15, 0.2) is 30.6 Å². The number of hydrogen-bond donors (Lipinski definition) is 1. The Labute approximate surface area is 118 Å². The van der Waals surface area contributed by atoms with E-state index in [1.807, 2.05) is 36.0 Å². The Morgan fingerprint density at radius 2 is 2.26 bits per heavy atom. The van der Waals surface area contributed by atoms with Crippen LogP contribution in [0.1, 0.15) is 18.3 Å². The van der Waals surface area contributed by atoms with Crippen molar-refractivity contribution < 1.29 is 4.74 Å². The van der Waals surface area contributed by atoms with Gasteiger partial charge in [-0.1, -0.05) is 24.6 Å². The molecule has 0 bridgehead atoms. The van der Waals surface area contributed by atoms with Crippen LogP contribution in [0.25, 0.3) is 0 Å². The molecular formula is C14H18ClN3O. The van der Waals surface area contributed by atoms with Crippen molar-refractivity contribution in [3.63, 3.8) is 0 Å². The first kappa shape index (κ1) is 13.9. The summed E-state index contributed by atoms with van der Waals surface area (Å²) < 4.78 is 7.77. The zero-order valence-corrected chi connectivity index (χ0v) is 11.9. The molecule has 102 valence electrons. The fraction of sp³-hybridized carbons (Fsp3) is 0.357. The second-order valence-corrected chi connectivity index (χ2v) is 4.65. The van der Waals surface area contributed by atoms with Gasteiger partial charge in [0.15, 0.2) is 0 Å². The third-order valence-corrected chi connectivity index (χ3v) is 3.26. The zero-order chi connectivity index (χ0) is 13.7. The molecule has 4 nitrogen and oxygen atoms in total. The predicted molar refractivity (Wildman–Crippen MR) is 76.4 cm³/mol. The summed E-state index contributed by atoms with van der Waals surface area (Å²) in [7, 11) is 1.95. The molecule has 0 aliphatic carbocycles. The molecule has 2 aromatic rings. The molecule has 5 heteroatoms. The van der Waals surface area contributed by atoms with Crippen LogP contribution in [-0.2, 0) is 20.2 Å². The molecule has 1 heterocycles. The van der Waals surface area contributed by atoms with E-state index in [0.29, 0.717) is 13.2 Å². The van der Waals surface area contributed by atoms with Crippen LogP contribution in [-0.4, -0.2) is 16.1 Å². The van der Waals surface area contributed by atoms with E-state index >= 15 is 0 Å². The first-order valence-electron chi connectivity index (χ1n) is 6.29. The zero-order valence-electron chi connectivity index (χ0n) is 11.2. The van der Waals surface area contributed by atoms with Crippen LogP contribution >= 0.6 is 11.6 Å². The number of aromatic nitrogens is 2. The minimum Gasteiger partial charge on any atom is -0.485 e. The van der Waals surface area contributed by atoms with Gasteiger partial charge in [-0.05, 0) is 18.7 Å². The molecule has 2 rings (SSSR count). The summed E-state index contributed by atoms with van der Waals surface area (Å²) in [6.45, 7) is 4.09. The number of aryl methyl sites for hydroxylation is 1. The number of rotatable bonds is 6. The van der Waals surface area contributed by atoms with Crippen molar-refractivity contribution in [2.24, 2.45) is 7.05 Å². The fourth-order valence-electron chi connectivity index (χ4n) is 1.77. The molecule has 0 amide bonds. The van der Waals surface area contributed by atoms with Crippen molar-refractivity contribution in [1.29, 1.82) is 0 Å². The van der Waals surface area contributed by atoms with Gasteiger partial charge in [-0.3, -0.25) is 0 Å². The van der Waals surface area contributed by atoms with Crippen LogP contribution < -0.4 is 10.1 Å². The van der Waals surface area contributed by atoms with Crippen LogP contribution in [0.4, 0.5) is 0 Å². The first-order valence-corrected chi connectivity index (χ1v) is 6.67. The summed E-state index contributed by atoms with van der Waals surface area (Å²) in [6, 6.07) is 5.70. The van der Waals surface area contributed by atoms with Gasteiger partial charge in [0.1, 0.15) is 18.2 Å². The highest BCUT2D eigenvalue weighted by Crippen LogP contribution is 2.26. The largest absolute Gasteiger partial charge is 0.485 e. The molecule has 0 radical (unpaired) electrons. The summed E-state index contributed by atoms with van der Waals surface area (Å²) >= 11 is 6.22. The lowest BCUT2D eigenvalue weighted by molar-refractivity contribution is 0.288. The predicted octanol–water partition coefficient (Wildman–Crippen LogP) is 2.76. The van der Waals surface area contributed by atoms with E-state index in [0.717, 1.165) is 28.7 Å². The molecule has 0 fully saturated rings. The fourth-order valence-corrected chi connectivity index (χ4v) is 2.01. The van der Waals surface area contributed by atoms with Crippen molar-refractivity contribution in [3.8, 4) is 5.75 Å². The first-order chi connectivity index (χ1) is 9.22. The standard InChI is InChI=1S/C14H18ClN3O/c1-3-16-9-11-12(15)5-4-6-13(11)19-10-14-17-7-8-18(14)2/h4-8,16H,3,9-10H2,1-2H3. The quantitative estimate of drug-likeness (QED) is 0.884. The lowest BCUT2D eigenvalue weighted by Gasteiger charge is -2.13. The van der Waals surface area contributed by atoms with Gasteiger partial charge in [-0.25, -0.2) is 4.98 Å². The Hall–Kier alpha value is -1.52. The van der Waals surface area contributed by atoms with Gasteiger partial charge in [0.05, 0.1) is 0 Å². The molecule has 1 aromatic carbocycles. The Balaban J connectivity index is 2.11. The number of ether oxygens (including phenoxy) is 1. The van der Waals surface area contributed by atoms with Gasteiger partial charge in [0, 0.05) is 36.6 Å². The minimum atomic E-state index is 0.433. The molecule has 0 aliphatic heterocycles. The maximum absolute atomic E-state index is 6.22. The second-order valence-electron chi connectivity index (χ2n) is 4.24. The summed E-state index contributed by atoms with van der Waals surface area (Å²) in [6.07, 6.45) is 3.66. The Bertz CT molecular complexity index is 539. The highest BCUT2D eigenvalue weighted by atomic mass is 35.5. The SMILES string of the molecule is CCNCc1c(Cl)cccc1OCc1nccn1C. The van der Waals surface area contributed by atoms with E-state index in [1.54, 1.807) is 6.20 Å². The van der Waals surface area contributed by atoms with Gasteiger partial charge in [-0.2, -0.15) is 0 Å². The van der Waals surface area contributed by atoms with Crippen molar-refractivity contribution in [1.82, 2.24) is 14.9 Å². The van der Waals surface area contributed by atoms with Crippen molar-refractivity contribution in [3.05, 3.63) is 47.0 Å². The topological polar surface area (TPSA) is 39.1 Å². The van der Waals surface area contributed by atoms with Gasteiger partial charge in [0.2, 0.25) is 0 Å². The maximum atomic E-state index is 6.22. The maximum Gasteiger partial charge on any atom is 0.146 e. The van der Waals surface area contributed by atoms with Crippen LogP contribution in [0.2, 0.25) is 5.02 Å². The summed E-state index contributed by atoms with van der Waals surface area (Å²) in [4.78, 5) is 4.23. The average Bonchev–Trinajstić information content (AvgIpc) is 2.81. The van der Waals surface area contributed by atoms with E-state index in [4.69, 9.17) is 16.3 Å². The molecule has 0 spiro atoms.